The topological polar surface area (TPSA) is 103 Å². The molecule has 0 aliphatic carbocycles. The molecule has 1 fully saturated rings. The SMILES string of the molecule is Cc1cc2c(cc1C1CCN(C)CC1)OC(C)N2c1nc(Nc2ccccc2S(=O)(=O)C(C)C)c2c(C)c[nH]c2n1. The highest BCUT2D eigenvalue weighted by molar-refractivity contribution is 7.92. The van der Waals surface area contributed by atoms with Gasteiger partial charge in [-0.3, -0.25) is 4.90 Å². The van der Waals surface area contributed by atoms with Crippen LogP contribution in [0.3, 0.4) is 0 Å². The zero-order valence-corrected chi connectivity index (χ0v) is 25.3. The molecule has 2 N–H and O–H groups in total. The van der Waals surface area contributed by atoms with Gasteiger partial charge in [0.15, 0.2) is 16.1 Å². The van der Waals surface area contributed by atoms with Crippen molar-refractivity contribution in [3.05, 3.63) is 59.3 Å². The summed E-state index contributed by atoms with van der Waals surface area (Å²) >= 11 is 0. The van der Waals surface area contributed by atoms with Gasteiger partial charge in [-0.1, -0.05) is 12.1 Å². The molecule has 0 saturated carbocycles. The van der Waals surface area contributed by atoms with Crippen molar-refractivity contribution in [1.82, 2.24) is 19.9 Å². The van der Waals surface area contributed by atoms with Crippen LogP contribution in [0, 0.1) is 13.8 Å². The summed E-state index contributed by atoms with van der Waals surface area (Å²) in [7, 11) is -1.34. The van der Waals surface area contributed by atoms with Crippen molar-refractivity contribution in [2.75, 3.05) is 30.4 Å². The number of nitrogens with zero attached hydrogens (tertiary/aromatic N) is 4. The Morgan fingerprint density at radius 3 is 2.54 bits per heavy atom. The Kier molecular flexibility index (Phi) is 6.94. The van der Waals surface area contributed by atoms with Crippen molar-refractivity contribution in [3.8, 4) is 5.75 Å². The quantitative estimate of drug-likeness (QED) is 0.281. The van der Waals surface area contributed by atoms with E-state index in [-0.39, 0.29) is 11.1 Å². The molecule has 2 aromatic heterocycles. The Labute approximate surface area is 241 Å². The lowest BCUT2D eigenvalue weighted by molar-refractivity contribution is 0.249. The van der Waals surface area contributed by atoms with E-state index in [0.29, 0.717) is 29.0 Å². The molecular formula is C31H38N6O3S. The van der Waals surface area contributed by atoms with Gasteiger partial charge in [-0.2, -0.15) is 9.97 Å². The highest BCUT2D eigenvalue weighted by Gasteiger charge is 2.34. The van der Waals surface area contributed by atoms with Crippen LogP contribution in [-0.2, 0) is 9.84 Å². The minimum absolute atomic E-state index is 0.247. The van der Waals surface area contributed by atoms with E-state index in [9.17, 15) is 8.42 Å². The molecule has 6 rings (SSSR count). The maximum absolute atomic E-state index is 13.2. The number of para-hydroxylation sites is 1. The molecule has 0 amide bonds. The van der Waals surface area contributed by atoms with E-state index in [1.165, 1.54) is 11.1 Å². The van der Waals surface area contributed by atoms with Crippen LogP contribution in [0.4, 0.5) is 23.1 Å². The smallest absolute Gasteiger partial charge is 0.237 e. The van der Waals surface area contributed by atoms with Crippen molar-refractivity contribution < 1.29 is 13.2 Å². The summed E-state index contributed by atoms with van der Waals surface area (Å²) in [5.41, 5.74) is 5.64. The lowest BCUT2D eigenvalue weighted by Gasteiger charge is -2.30. The molecule has 0 bridgehead atoms. The number of anilines is 4. The average molecular weight is 575 g/mol. The zero-order valence-electron chi connectivity index (χ0n) is 24.5. The Balaban J connectivity index is 1.42. The van der Waals surface area contributed by atoms with Gasteiger partial charge in [-0.05, 0) is 114 Å². The van der Waals surface area contributed by atoms with E-state index in [2.05, 4.69) is 41.3 Å². The third-order valence-corrected chi connectivity index (χ3v) is 10.6. The maximum Gasteiger partial charge on any atom is 0.237 e. The lowest BCUT2D eigenvalue weighted by Crippen LogP contribution is -2.29. The molecule has 41 heavy (non-hydrogen) atoms. The van der Waals surface area contributed by atoms with Gasteiger partial charge in [0, 0.05) is 6.20 Å². The number of sulfone groups is 1. The Hall–Kier alpha value is -3.63. The molecule has 1 atom stereocenters. The second-order valence-electron chi connectivity index (χ2n) is 11.6. The van der Waals surface area contributed by atoms with Crippen molar-refractivity contribution in [1.29, 1.82) is 0 Å². The standard InChI is InChI=1S/C31H38N6O3S/c1-18(2)41(38,39)27-10-8-7-9-24(27)33-30-28-20(4)17-32-29(28)34-31(35-30)37-21(5)40-26-16-23(19(3)15-25(26)37)22-11-13-36(6)14-12-22/h7-10,15-18,21-22H,11-14H2,1-6H3,(H2,32,33,34,35). The van der Waals surface area contributed by atoms with E-state index in [1.807, 2.05) is 31.0 Å². The summed E-state index contributed by atoms with van der Waals surface area (Å²) in [6.45, 7) is 11.7. The number of H-pyrrole nitrogens is 1. The maximum atomic E-state index is 13.2. The lowest BCUT2D eigenvalue weighted by atomic mass is 9.86. The summed E-state index contributed by atoms with van der Waals surface area (Å²) < 4.78 is 32.7. The summed E-state index contributed by atoms with van der Waals surface area (Å²) in [6, 6.07) is 11.4. The van der Waals surface area contributed by atoms with Gasteiger partial charge < -0.3 is 19.9 Å². The number of aromatic nitrogens is 3. The van der Waals surface area contributed by atoms with E-state index in [4.69, 9.17) is 14.7 Å². The first kappa shape index (κ1) is 27.5. The number of aryl methyl sites for hydroxylation is 2. The number of benzene rings is 2. The minimum atomic E-state index is -3.52. The van der Waals surface area contributed by atoms with Crippen LogP contribution in [0.25, 0.3) is 11.0 Å². The fraction of sp³-hybridized carbons (Fsp3) is 0.419. The van der Waals surface area contributed by atoms with Crippen LogP contribution in [-0.4, -0.2) is 59.9 Å². The average Bonchev–Trinajstić information content (AvgIpc) is 3.47. The molecule has 4 aromatic rings. The number of ether oxygens (including phenoxy) is 1. The number of hydrogen-bond donors (Lipinski definition) is 2. The van der Waals surface area contributed by atoms with Crippen LogP contribution in [0.5, 0.6) is 5.75 Å². The fourth-order valence-electron chi connectivity index (χ4n) is 6.01. The van der Waals surface area contributed by atoms with Gasteiger partial charge >= 0.3 is 0 Å². The molecule has 4 heterocycles. The minimum Gasteiger partial charge on any atom is -0.468 e. The van der Waals surface area contributed by atoms with Gasteiger partial charge in [0.25, 0.3) is 0 Å². The molecule has 216 valence electrons. The summed E-state index contributed by atoms with van der Waals surface area (Å²) in [5.74, 6) is 2.38. The monoisotopic (exact) mass is 574 g/mol. The van der Waals surface area contributed by atoms with E-state index in [1.54, 1.807) is 32.0 Å². The molecule has 10 heteroatoms. The van der Waals surface area contributed by atoms with Gasteiger partial charge in [-0.15, -0.1) is 0 Å². The first-order valence-electron chi connectivity index (χ1n) is 14.3. The van der Waals surface area contributed by atoms with Crippen LogP contribution < -0.4 is 15.0 Å². The normalized spacial score (nSPS) is 18.2. The third kappa shape index (κ3) is 4.82. The molecule has 1 unspecified atom stereocenters. The fourth-order valence-corrected chi connectivity index (χ4v) is 7.21. The summed E-state index contributed by atoms with van der Waals surface area (Å²) in [4.78, 5) is 17.8. The predicted molar refractivity (Wildman–Crippen MR) is 164 cm³/mol. The van der Waals surface area contributed by atoms with Gasteiger partial charge in [0.1, 0.15) is 17.2 Å². The molecule has 2 aliphatic rings. The second kappa shape index (κ2) is 10.3. The molecular weight excluding hydrogens is 536 g/mol. The highest BCUT2D eigenvalue weighted by Crippen LogP contribution is 2.45. The largest absolute Gasteiger partial charge is 0.468 e. The number of fused-ring (bicyclic) bond motifs is 2. The first-order chi connectivity index (χ1) is 19.5. The van der Waals surface area contributed by atoms with Crippen molar-refractivity contribution >= 4 is 44.0 Å². The van der Waals surface area contributed by atoms with Crippen LogP contribution >= 0.6 is 0 Å². The number of aromatic amines is 1. The van der Waals surface area contributed by atoms with Crippen LogP contribution in [0.1, 0.15) is 56.2 Å². The number of rotatable bonds is 6. The molecule has 2 aliphatic heterocycles. The van der Waals surface area contributed by atoms with Crippen LogP contribution in [0.2, 0.25) is 0 Å². The first-order valence-corrected chi connectivity index (χ1v) is 15.8. The van der Waals surface area contributed by atoms with E-state index in [0.717, 1.165) is 48.3 Å². The van der Waals surface area contributed by atoms with Crippen LogP contribution in [0.15, 0.2) is 47.5 Å². The van der Waals surface area contributed by atoms with Crippen molar-refractivity contribution in [2.24, 2.45) is 0 Å². The number of piperidine rings is 1. The molecule has 0 radical (unpaired) electrons. The van der Waals surface area contributed by atoms with Crippen molar-refractivity contribution in [3.63, 3.8) is 0 Å². The van der Waals surface area contributed by atoms with Crippen molar-refractivity contribution in [2.45, 2.75) is 69.8 Å². The van der Waals surface area contributed by atoms with E-state index < -0.39 is 15.1 Å². The summed E-state index contributed by atoms with van der Waals surface area (Å²) in [5, 5.41) is 3.61. The van der Waals surface area contributed by atoms with Gasteiger partial charge in [0.2, 0.25) is 5.95 Å². The zero-order chi connectivity index (χ0) is 29.1. The Morgan fingerprint density at radius 2 is 1.80 bits per heavy atom. The van der Waals surface area contributed by atoms with Gasteiger partial charge in [0.05, 0.1) is 26.9 Å². The third-order valence-electron chi connectivity index (χ3n) is 8.43. The Morgan fingerprint density at radius 1 is 1.07 bits per heavy atom. The van der Waals surface area contributed by atoms with E-state index >= 15 is 0 Å². The van der Waals surface area contributed by atoms with Gasteiger partial charge in [-0.25, -0.2) is 8.42 Å². The molecule has 1 saturated heterocycles. The highest BCUT2D eigenvalue weighted by atomic mass is 32.2. The molecule has 0 spiro atoms. The number of nitrogens with one attached hydrogen (secondary N) is 2. The summed E-state index contributed by atoms with van der Waals surface area (Å²) in [6.07, 6.45) is 3.86. The number of hydrogen-bond acceptors (Lipinski definition) is 8. The predicted octanol–water partition coefficient (Wildman–Crippen LogP) is 6.19. The molecule has 9 nitrogen and oxygen atoms in total. The molecule has 2 aromatic carbocycles. The second-order valence-corrected chi connectivity index (χ2v) is 14.1. The Bertz CT molecular complexity index is 1720. The number of likely N-dealkylation sites (tertiary alicyclic amines) is 1.